The first-order valence-electron chi connectivity index (χ1n) is 5.29. The maximum absolute atomic E-state index is 3.58. The molecule has 2 rings (SSSR count). The fraction of sp³-hybridized carbons (Fsp3) is 0.500. The van der Waals surface area contributed by atoms with Crippen LogP contribution in [-0.4, -0.2) is 12.3 Å². The van der Waals surface area contributed by atoms with Crippen LogP contribution in [0.2, 0.25) is 0 Å². The van der Waals surface area contributed by atoms with Crippen LogP contribution in [0.5, 0.6) is 0 Å². The zero-order valence-electron chi connectivity index (χ0n) is 8.62. The predicted molar refractivity (Wildman–Crippen MR) is 64.1 cm³/mol. The quantitative estimate of drug-likeness (QED) is 0.757. The average molecular weight is 207 g/mol. The van der Waals surface area contributed by atoms with Crippen LogP contribution < -0.4 is 5.32 Å². The van der Waals surface area contributed by atoms with E-state index < -0.39 is 0 Å². The first-order valence-corrected chi connectivity index (χ1v) is 6.51. The molecule has 0 bridgehead atoms. The molecule has 0 radical (unpaired) electrons. The molecule has 0 heterocycles. The highest BCUT2D eigenvalue weighted by atomic mass is 32.2. The molecule has 1 N–H and O–H groups in total. The van der Waals surface area contributed by atoms with E-state index in [1.54, 1.807) is 11.8 Å². The van der Waals surface area contributed by atoms with E-state index in [9.17, 15) is 0 Å². The lowest BCUT2D eigenvalue weighted by Gasteiger charge is -2.13. The summed E-state index contributed by atoms with van der Waals surface area (Å²) in [4.78, 5) is 1.34. The predicted octanol–water partition coefficient (Wildman–Crippen LogP) is 3.76. The summed E-state index contributed by atoms with van der Waals surface area (Å²) in [5.41, 5.74) is 1.27. The summed E-state index contributed by atoms with van der Waals surface area (Å²) in [6, 6.07) is 9.45. The third kappa shape index (κ3) is 2.44. The maximum atomic E-state index is 3.58. The van der Waals surface area contributed by atoms with Crippen molar-refractivity contribution >= 4 is 17.4 Å². The fourth-order valence-corrected chi connectivity index (χ4v) is 2.40. The van der Waals surface area contributed by atoms with Crippen LogP contribution in [0.3, 0.4) is 0 Å². The maximum Gasteiger partial charge on any atom is 0.0343 e. The minimum absolute atomic E-state index is 0.718. The average Bonchev–Trinajstić information content (AvgIpc) is 2.72. The molecule has 0 aromatic heterocycles. The number of thioether (sulfide) groups is 1. The normalized spacial score (nSPS) is 17.2. The van der Waals surface area contributed by atoms with Gasteiger partial charge in [0.15, 0.2) is 0 Å². The third-order valence-corrected chi connectivity index (χ3v) is 3.56. The molecule has 1 aromatic rings. The Morgan fingerprint density at radius 3 is 2.36 bits per heavy atom. The number of anilines is 1. The number of nitrogens with one attached hydrogen (secondary N) is 1. The van der Waals surface area contributed by atoms with Crippen LogP contribution >= 0.6 is 11.8 Å². The van der Waals surface area contributed by atoms with Crippen molar-refractivity contribution in [3.05, 3.63) is 24.3 Å². The number of benzene rings is 1. The zero-order chi connectivity index (χ0) is 9.80. The van der Waals surface area contributed by atoms with Gasteiger partial charge >= 0.3 is 0 Å². The summed E-state index contributed by atoms with van der Waals surface area (Å²) in [6.07, 6.45) is 7.56. The standard InChI is InChI=1S/C12H17NS/c1-14-12-8-6-11(7-9-12)13-10-4-2-3-5-10/h6-10,13H,2-5H2,1H3. The van der Waals surface area contributed by atoms with Crippen molar-refractivity contribution in [1.29, 1.82) is 0 Å². The van der Waals surface area contributed by atoms with E-state index in [1.165, 1.54) is 36.3 Å². The largest absolute Gasteiger partial charge is 0.382 e. The Morgan fingerprint density at radius 1 is 1.14 bits per heavy atom. The van der Waals surface area contributed by atoms with Gasteiger partial charge in [0.25, 0.3) is 0 Å². The van der Waals surface area contributed by atoms with Gasteiger partial charge in [-0.25, -0.2) is 0 Å². The molecule has 0 unspecified atom stereocenters. The second-order valence-electron chi connectivity index (χ2n) is 3.85. The van der Waals surface area contributed by atoms with Crippen LogP contribution in [0.25, 0.3) is 0 Å². The monoisotopic (exact) mass is 207 g/mol. The molecule has 1 aromatic carbocycles. The fourth-order valence-electron chi connectivity index (χ4n) is 1.99. The van der Waals surface area contributed by atoms with E-state index >= 15 is 0 Å². The molecule has 1 saturated carbocycles. The van der Waals surface area contributed by atoms with Crippen LogP contribution in [-0.2, 0) is 0 Å². The molecular formula is C12H17NS. The van der Waals surface area contributed by atoms with Gasteiger partial charge < -0.3 is 5.32 Å². The molecule has 1 fully saturated rings. The molecule has 0 saturated heterocycles. The number of hydrogen-bond donors (Lipinski definition) is 1. The lowest BCUT2D eigenvalue weighted by atomic mass is 10.2. The van der Waals surface area contributed by atoms with Gasteiger partial charge in [-0.05, 0) is 43.4 Å². The number of hydrogen-bond acceptors (Lipinski definition) is 2. The Morgan fingerprint density at radius 2 is 1.79 bits per heavy atom. The summed E-state index contributed by atoms with van der Waals surface area (Å²) in [5.74, 6) is 0. The molecule has 76 valence electrons. The van der Waals surface area contributed by atoms with E-state index in [0.29, 0.717) is 0 Å². The molecule has 0 aliphatic heterocycles. The first kappa shape index (κ1) is 9.91. The lowest BCUT2D eigenvalue weighted by Crippen LogP contribution is -2.14. The lowest BCUT2D eigenvalue weighted by molar-refractivity contribution is 0.755. The Kier molecular flexibility index (Phi) is 3.35. The van der Waals surface area contributed by atoms with Crippen LogP contribution in [0.1, 0.15) is 25.7 Å². The molecule has 1 aliphatic rings. The second-order valence-corrected chi connectivity index (χ2v) is 4.73. The number of rotatable bonds is 3. The smallest absolute Gasteiger partial charge is 0.0343 e. The van der Waals surface area contributed by atoms with Crippen LogP contribution in [0, 0.1) is 0 Å². The van der Waals surface area contributed by atoms with E-state index in [1.807, 2.05) is 0 Å². The van der Waals surface area contributed by atoms with Gasteiger partial charge in [-0.3, -0.25) is 0 Å². The van der Waals surface area contributed by atoms with Gasteiger partial charge in [-0.15, -0.1) is 11.8 Å². The van der Waals surface area contributed by atoms with Gasteiger partial charge in [-0.2, -0.15) is 0 Å². The van der Waals surface area contributed by atoms with Gasteiger partial charge in [0.05, 0.1) is 0 Å². The van der Waals surface area contributed by atoms with E-state index in [4.69, 9.17) is 0 Å². The van der Waals surface area contributed by atoms with Crippen molar-refractivity contribution in [1.82, 2.24) is 0 Å². The Hall–Kier alpha value is -0.630. The molecule has 0 amide bonds. The van der Waals surface area contributed by atoms with Gasteiger partial charge in [0.1, 0.15) is 0 Å². The first-order chi connectivity index (χ1) is 6.88. The van der Waals surface area contributed by atoms with Crippen molar-refractivity contribution in [3.63, 3.8) is 0 Å². The van der Waals surface area contributed by atoms with E-state index in [0.717, 1.165) is 6.04 Å². The van der Waals surface area contributed by atoms with Crippen molar-refractivity contribution < 1.29 is 0 Å². The summed E-state index contributed by atoms with van der Waals surface area (Å²) in [5, 5.41) is 3.58. The van der Waals surface area contributed by atoms with Crippen molar-refractivity contribution in [2.45, 2.75) is 36.6 Å². The Labute approximate surface area is 90.3 Å². The van der Waals surface area contributed by atoms with Crippen molar-refractivity contribution in [2.24, 2.45) is 0 Å². The van der Waals surface area contributed by atoms with Crippen LogP contribution in [0.4, 0.5) is 5.69 Å². The van der Waals surface area contributed by atoms with Crippen molar-refractivity contribution in [3.8, 4) is 0 Å². The van der Waals surface area contributed by atoms with Gasteiger partial charge in [0.2, 0.25) is 0 Å². The SMILES string of the molecule is CSc1ccc(NC2CCCC2)cc1. The molecule has 0 atom stereocenters. The molecule has 0 spiro atoms. The van der Waals surface area contributed by atoms with E-state index in [2.05, 4.69) is 35.8 Å². The summed E-state index contributed by atoms with van der Waals surface area (Å²) < 4.78 is 0. The minimum Gasteiger partial charge on any atom is -0.382 e. The highest BCUT2D eigenvalue weighted by molar-refractivity contribution is 7.98. The molecule has 2 heteroatoms. The molecule has 1 nitrogen and oxygen atoms in total. The van der Waals surface area contributed by atoms with Gasteiger partial charge in [0, 0.05) is 16.6 Å². The Balaban J connectivity index is 1.95. The topological polar surface area (TPSA) is 12.0 Å². The van der Waals surface area contributed by atoms with Crippen molar-refractivity contribution in [2.75, 3.05) is 11.6 Å². The highest BCUT2D eigenvalue weighted by Crippen LogP contribution is 2.23. The zero-order valence-corrected chi connectivity index (χ0v) is 9.44. The van der Waals surface area contributed by atoms with Gasteiger partial charge in [-0.1, -0.05) is 12.8 Å². The highest BCUT2D eigenvalue weighted by Gasteiger charge is 2.13. The van der Waals surface area contributed by atoms with E-state index in [-0.39, 0.29) is 0 Å². The molecule has 1 aliphatic carbocycles. The second kappa shape index (κ2) is 4.74. The third-order valence-electron chi connectivity index (χ3n) is 2.82. The molecular weight excluding hydrogens is 190 g/mol. The summed E-state index contributed by atoms with van der Waals surface area (Å²) in [6.45, 7) is 0. The molecule has 14 heavy (non-hydrogen) atoms. The minimum atomic E-state index is 0.718. The summed E-state index contributed by atoms with van der Waals surface area (Å²) >= 11 is 1.79. The van der Waals surface area contributed by atoms with Crippen LogP contribution in [0.15, 0.2) is 29.2 Å². The summed E-state index contributed by atoms with van der Waals surface area (Å²) in [7, 11) is 0. The Bertz CT molecular complexity index is 275.